The average molecular weight is 1120 g/mol. The fraction of sp³-hybridized carbons (Fsp3) is 0.375. The maximum absolute atomic E-state index is 14.2. The maximum atomic E-state index is 14.2. The summed E-state index contributed by atoms with van der Waals surface area (Å²) in [5.74, 6) is -0.131. The third-order valence-corrected chi connectivity index (χ3v) is 18.2. The van der Waals surface area contributed by atoms with Gasteiger partial charge in [-0.05, 0) is 156 Å². The third kappa shape index (κ3) is 14.0. The van der Waals surface area contributed by atoms with E-state index >= 15 is 0 Å². The fourth-order valence-electron chi connectivity index (χ4n) is 9.69. The molecule has 2 fully saturated rings. The van der Waals surface area contributed by atoms with Gasteiger partial charge in [-0.3, -0.25) is 9.52 Å². The van der Waals surface area contributed by atoms with Crippen LogP contribution in [0.1, 0.15) is 28.9 Å². The van der Waals surface area contributed by atoms with Gasteiger partial charge in [-0.25, -0.2) is 21.2 Å². The Hall–Kier alpha value is -6.10. The summed E-state index contributed by atoms with van der Waals surface area (Å²) in [7, 11) is -2.82. The third-order valence-electron chi connectivity index (χ3n) is 14.2. The normalized spacial score (nSPS) is 15.5. The van der Waals surface area contributed by atoms with E-state index < -0.39 is 41.2 Å². The van der Waals surface area contributed by atoms with Gasteiger partial charge in [0.25, 0.3) is 25.8 Å². The number of sulfonamides is 1. The van der Waals surface area contributed by atoms with Crippen molar-refractivity contribution in [2.75, 3.05) is 119 Å². The molecule has 1 atom stereocenters. The van der Waals surface area contributed by atoms with Crippen LogP contribution >= 0.6 is 11.8 Å². The molecule has 0 spiro atoms. The zero-order chi connectivity index (χ0) is 55.1. The monoisotopic (exact) mass is 1120 g/mol. The Bertz CT molecular complexity index is 3200. The molecule has 6 aromatic rings. The number of aromatic nitrogens is 1. The first-order valence-electron chi connectivity index (χ1n) is 25.6. The summed E-state index contributed by atoms with van der Waals surface area (Å²) in [5.41, 5.74) is 0.388. The highest BCUT2D eigenvalue weighted by molar-refractivity contribution is 7.99. The molecule has 5 aromatic carbocycles. The van der Waals surface area contributed by atoms with Gasteiger partial charge in [-0.2, -0.15) is 13.2 Å². The van der Waals surface area contributed by atoms with Gasteiger partial charge in [0.2, 0.25) is 0 Å². The number of carbonyl (C=O) groups is 1. The molecule has 14 nitrogen and oxygen atoms in total. The predicted molar refractivity (Wildman–Crippen MR) is 301 cm³/mol. The highest BCUT2D eigenvalue weighted by atomic mass is 32.2. The number of nitrogens with zero attached hydrogens (tertiary/aromatic N) is 6. The van der Waals surface area contributed by atoms with Gasteiger partial charge in [-0.15, -0.1) is 11.8 Å². The van der Waals surface area contributed by atoms with Crippen LogP contribution in [0.4, 0.5) is 40.3 Å². The van der Waals surface area contributed by atoms with Crippen molar-refractivity contribution in [1.29, 1.82) is 0 Å². The minimum Gasteiger partial charge on any atom is -0.380 e. The Balaban J connectivity index is 0.950. The topological polar surface area (TPSA) is 143 Å². The van der Waals surface area contributed by atoms with Crippen molar-refractivity contribution in [1.82, 2.24) is 24.6 Å². The highest BCUT2D eigenvalue weighted by Crippen LogP contribution is 2.41. The number of amides is 1. The van der Waals surface area contributed by atoms with Crippen LogP contribution in [-0.2, 0) is 26.9 Å². The van der Waals surface area contributed by atoms with E-state index in [-0.39, 0.29) is 23.1 Å². The van der Waals surface area contributed by atoms with E-state index in [9.17, 15) is 39.2 Å². The number of carbonyl (C=O) groups excluding carboxylic acids is 1. The van der Waals surface area contributed by atoms with E-state index in [0.29, 0.717) is 63.1 Å². The van der Waals surface area contributed by atoms with Crippen LogP contribution in [-0.4, -0.2) is 152 Å². The molecule has 1 amide bonds. The minimum atomic E-state index is -6.00. The Kier molecular flexibility index (Phi) is 18.3. The summed E-state index contributed by atoms with van der Waals surface area (Å²) in [6.07, 6.45) is 1.28. The zero-order valence-corrected chi connectivity index (χ0v) is 46.4. The Labute approximate surface area is 454 Å². The second-order valence-corrected chi connectivity index (χ2v) is 24.5. The van der Waals surface area contributed by atoms with Gasteiger partial charge in [-0.1, -0.05) is 30.3 Å². The average Bonchev–Trinajstić information content (AvgIpc) is 3.68. The lowest BCUT2D eigenvalue weighted by molar-refractivity contribution is -0.0435. The van der Waals surface area contributed by atoms with E-state index in [1.807, 2.05) is 86.1 Å². The number of hydrogen-bond acceptors (Lipinski definition) is 12. The number of halogens is 4. The molecule has 8 rings (SSSR count). The quantitative estimate of drug-likeness (QED) is 0.0360. The lowest BCUT2D eigenvalue weighted by Crippen LogP contribution is -2.46. The molecule has 77 heavy (non-hydrogen) atoms. The highest BCUT2D eigenvalue weighted by Gasteiger charge is 2.48. The lowest BCUT2D eigenvalue weighted by atomic mass is 9.95. The predicted octanol–water partition coefficient (Wildman–Crippen LogP) is 9.12. The van der Waals surface area contributed by atoms with Gasteiger partial charge in [0.1, 0.15) is 10.7 Å². The van der Waals surface area contributed by atoms with E-state index in [2.05, 4.69) is 48.1 Å². The van der Waals surface area contributed by atoms with Crippen molar-refractivity contribution in [3.05, 3.63) is 138 Å². The molecule has 0 aliphatic carbocycles. The first-order valence-corrected chi connectivity index (χ1v) is 29.6. The number of anilines is 4. The van der Waals surface area contributed by atoms with E-state index in [0.717, 1.165) is 95.6 Å². The van der Waals surface area contributed by atoms with Gasteiger partial charge >= 0.3 is 5.51 Å². The standard InChI is InChI=1S/C56H67F4N9O5S3/c1-40-52(55(70)61-26-10-27-67-31-29-65(4)30-32-67)53(54(66(40)5)41-15-17-43(57)18-16-41)42-11-9-12-47(37-42)69-35-33-68(34-36-69)46-21-19-44(20-22-46)63-77(73,74)49-23-24-50(51(38-49)76(71,72)56(58,59)60)62-45(25-28-64(2)3)39-75-48-13-7-6-8-14-48/h6-9,11-24,37-38,45,62-63H,10,25-36,39H2,1-5H3,(H,61,70). The Morgan fingerprint density at radius 3 is 2.06 bits per heavy atom. The molecule has 2 aliphatic heterocycles. The minimum absolute atomic E-state index is 0.128. The SMILES string of the molecule is Cc1c(C(=O)NCCCN2CCN(C)CC2)c(-c2cccc(N3CCN(c4ccc(NS(=O)(=O)c5ccc(NC(CCN(C)C)CSc6ccccc6)c(S(=O)(=O)C(F)(F)F)c5)cc4)CC3)c2)c(-c2ccc(F)cc2)n1C. The van der Waals surface area contributed by atoms with E-state index in [4.69, 9.17) is 0 Å². The molecule has 1 aromatic heterocycles. The Morgan fingerprint density at radius 2 is 1.42 bits per heavy atom. The van der Waals surface area contributed by atoms with Crippen LogP contribution in [0.5, 0.6) is 0 Å². The summed E-state index contributed by atoms with van der Waals surface area (Å²) in [6.45, 7) is 10.5. The van der Waals surface area contributed by atoms with Crippen LogP contribution < -0.4 is 25.2 Å². The number of thioether (sulfide) groups is 1. The first-order chi connectivity index (χ1) is 36.7. The van der Waals surface area contributed by atoms with Gasteiger partial charge < -0.3 is 39.7 Å². The molecule has 2 aliphatic rings. The molecular weight excluding hydrogens is 1050 g/mol. The van der Waals surface area contributed by atoms with E-state index in [1.54, 1.807) is 36.4 Å². The number of hydrogen-bond donors (Lipinski definition) is 3. The number of nitrogens with one attached hydrogen (secondary N) is 3. The lowest BCUT2D eigenvalue weighted by Gasteiger charge is -2.37. The van der Waals surface area contributed by atoms with E-state index in [1.165, 1.54) is 23.9 Å². The maximum Gasteiger partial charge on any atom is 0.501 e. The van der Waals surface area contributed by atoms with Crippen LogP contribution in [0.15, 0.2) is 136 Å². The van der Waals surface area contributed by atoms with Gasteiger partial charge in [0.15, 0.2) is 0 Å². The molecule has 3 N–H and O–H groups in total. The molecule has 0 bridgehead atoms. The number of benzene rings is 5. The van der Waals surface area contributed by atoms with Crippen molar-refractivity contribution in [3.63, 3.8) is 0 Å². The van der Waals surface area contributed by atoms with Gasteiger partial charge in [0, 0.05) is 111 Å². The smallest absolute Gasteiger partial charge is 0.380 e. The number of piperazine rings is 2. The van der Waals surface area contributed by atoms with Crippen molar-refractivity contribution < 1.29 is 39.2 Å². The second kappa shape index (κ2) is 24.7. The second-order valence-electron chi connectivity index (χ2n) is 19.8. The molecule has 3 heterocycles. The Morgan fingerprint density at radius 1 is 0.753 bits per heavy atom. The fourth-order valence-corrected chi connectivity index (χ4v) is 12.8. The van der Waals surface area contributed by atoms with Crippen molar-refractivity contribution in [2.24, 2.45) is 7.05 Å². The van der Waals surface area contributed by atoms with Crippen LogP contribution in [0.2, 0.25) is 0 Å². The van der Waals surface area contributed by atoms with Gasteiger partial charge in [0.05, 0.1) is 21.8 Å². The van der Waals surface area contributed by atoms with Crippen molar-refractivity contribution >= 4 is 60.3 Å². The zero-order valence-electron chi connectivity index (χ0n) is 44.0. The number of rotatable bonds is 21. The summed E-state index contributed by atoms with van der Waals surface area (Å²) in [5, 5.41) is 6.19. The molecule has 1 unspecified atom stereocenters. The largest absolute Gasteiger partial charge is 0.501 e. The number of alkyl halides is 3. The van der Waals surface area contributed by atoms with Crippen LogP contribution in [0.3, 0.4) is 0 Å². The molecule has 0 saturated carbocycles. The van der Waals surface area contributed by atoms with Crippen LogP contribution in [0.25, 0.3) is 22.4 Å². The first kappa shape index (κ1) is 57.1. The molecule has 2 saturated heterocycles. The molecule has 21 heteroatoms. The molecular formula is C56H67F4N9O5S3. The van der Waals surface area contributed by atoms with Crippen molar-refractivity contribution in [2.45, 2.75) is 46.0 Å². The summed E-state index contributed by atoms with van der Waals surface area (Å²) >= 11 is 1.46. The van der Waals surface area contributed by atoms with Crippen LogP contribution in [0, 0.1) is 12.7 Å². The van der Waals surface area contributed by atoms with Crippen molar-refractivity contribution in [3.8, 4) is 22.4 Å². The summed E-state index contributed by atoms with van der Waals surface area (Å²) < 4.78 is 115. The summed E-state index contributed by atoms with van der Waals surface area (Å²) in [4.78, 5) is 24.3. The number of sulfone groups is 1. The number of likely N-dealkylation sites (N-methyl/N-ethyl adjacent to an activating group) is 1. The molecule has 0 radical (unpaired) electrons. The summed E-state index contributed by atoms with van der Waals surface area (Å²) in [6, 6.07) is 32.6. The molecule has 412 valence electrons.